The van der Waals surface area contributed by atoms with E-state index in [-0.39, 0.29) is 12.5 Å². The van der Waals surface area contributed by atoms with Crippen LogP contribution in [0.5, 0.6) is 0 Å². The first-order valence-electron chi connectivity index (χ1n) is 20.4. The van der Waals surface area contributed by atoms with E-state index in [1.807, 2.05) is 72.8 Å². The quantitative estimate of drug-likeness (QED) is 0.0450. The van der Waals surface area contributed by atoms with Crippen LogP contribution in [0.15, 0.2) is 126 Å². The fourth-order valence-corrected chi connectivity index (χ4v) is 13.4. The fraction of sp³-hybridized carbons (Fsp3) is 0.435. The molecule has 60 heavy (non-hydrogen) atoms. The van der Waals surface area contributed by atoms with E-state index in [9.17, 15) is 15.1 Å². The topological polar surface area (TPSA) is 157 Å². The average Bonchev–Trinajstić information content (AvgIpc) is 3.27. The predicted molar refractivity (Wildman–Crippen MR) is 225 cm³/mol. The van der Waals surface area contributed by atoms with Gasteiger partial charge in [-0.15, -0.1) is 0 Å². The van der Waals surface area contributed by atoms with E-state index in [0.29, 0.717) is 18.4 Å². The van der Waals surface area contributed by atoms with Crippen LogP contribution in [0.3, 0.4) is 0 Å². The summed E-state index contributed by atoms with van der Waals surface area (Å²) in [6.07, 6.45) is -5.97. The Labute approximate surface area is 351 Å². The van der Waals surface area contributed by atoms with Crippen LogP contribution in [-0.2, 0) is 42.4 Å². The molecule has 1 saturated carbocycles. The number of carbonyl (C=O) groups is 2. The summed E-state index contributed by atoms with van der Waals surface area (Å²) in [4.78, 5) is 29.6. The van der Waals surface area contributed by atoms with E-state index in [1.165, 1.54) is 7.11 Å². The van der Waals surface area contributed by atoms with Crippen molar-refractivity contribution in [3.8, 4) is 0 Å². The van der Waals surface area contributed by atoms with Gasteiger partial charge in [0.15, 0.2) is 12.6 Å². The van der Waals surface area contributed by atoms with Gasteiger partial charge in [-0.05, 0) is 51.8 Å². The second-order valence-electron chi connectivity index (χ2n) is 16.5. The van der Waals surface area contributed by atoms with Gasteiger partial charge in [-0.3, -0.25) is 0 Å². The molecule has 14 heteroatoms. The third-order valence-electron chi connectivity index (χ3n) is 11.6. The summed E-state index contributed by atoms with van der Waals surface area (Å²) in [7, 11) is -1.96. The van der Waals surface area contributed by atoms with Gasteiger partial charge in [-0.25, -0.2) is 9.59 Å². The number of fused-ring (bicyclic) bond motifs is 1. The molecule has 1 aliphatic carbocycles. The summed E-state index contributed by atoms with van der Waals surface area (Å²) < 4.78 is 51.8. The Morgan fingerprint density at radius 1 is 0.817 bits per heavy atom. The van der Waals surface area contributed by atoms with Crippen molar-refractivity contribution in [3.63, 3.8) is 0 Å². The van der Waals surface area contributed by atoms with Gasteiger partial charge in [0.05, 0.1) is 25.4 Å². The lowest BCUT2D eigenvalue weighted by Crippen LogP contribution is -2.70. The molecule has 2 aliphatic heterocycles. The molecular weight excluding hydrogens is 783 g/mol. The van der Waals surface area contributed by atoms with Gasteiger partial charge in [0.1, 0.15) is 43.2 Å². The first kappa shape index (κ1) is 43.2. The average molecular weight is 836 g/mol. The van der Waals surface area contributed by atoms with E-state index >= 15 is 0 Å². The van der Waals surface area contributed by atoms with Gasteiger partial charge in [0, 0.05) is 10.5 Å². The number of methoxy groups -OCH3 is 1. The van der Waals surface area contributed by atoms with E-state index in [4.69, 9.17) is 37.6 Å². The normalized spacial score (nSPS) is 28.1. The molecule has 0 radical (unpaired) electrons. The molecule has 10 atom stereocenters. The van der Waals surface area contributed by atoms with Crippen LogP contribution in [0.4, 0.5) is 0 Å². The molecule has 2 heterocycles. The lowest BCUT2D eigenvalue weighted by molar-refractivity contribution is -0.356. The molecule has 3 aliphatic rings. The van der Waals surface area contributed by atoms with E-state index < -0.39 is 87.1 Å². The number of hydrogen-bond acceptors (Lipinski definition) is 11. The maximum absolute atomic E-state index is 13.9. The second kappa shape index (κ2) is 19.2. The zero-order valence-electron chi connectivity index (χ0n) is 34.6. The smallest absolute Gasteiger partial charge is 0.338 e. The third-order valence-corrected chi connectivity index (χ3v) is 16.7. The van der Waals surface area contributed by atoms with E-state index in [0.717, 1.165) is 15.9 Å². The van der Waals surface area contributed by atoms with Crippen molar-refractivity contribution in [2.45, 2.75) is 101 Å². The fourth-order valence-electron chi connectivity index (χ4n) is 8.64. The lowest BCUT2D eigenvalue weighted by atomic mass is 9.83. The Hall–Kier alpha value is -4.89. The Kier molecular flexibility index (Phi) is 13.8. The highest BCUT2D eigenvalue weighted by Crippen LogP contribution is 2.44. The summed E-state index contributed by atoms with van der Waals surface area (Å²) in [5, 5.41) is 5.93. The number of benzene rings is 4. The van der Waals surface area contributed by atoms with Crippen LogP contribution in [0.1, 0.15) is 62.7 Å². The minimum absolute atomic E-state index is 0.0701. The molecular formula is C46H53N3O10Si. The summed E-state index contributed by atoms with van der Waals surface area (Å²) in [6.45, 7) is 8.34. The van der Waals surface area contributed by atoms with Crippen molar-refractivity contribution < 1.29 is 47.2 Å². The van der Waals surface area contributed by atoms with Gasteiger partial charge in [0.2, 0.25) is 0 Å². The first-order chi connectivity index (χ1) is 29.0. The van der Waals surface area contributed by atoms with Crippen LogP contribution in [0, 0.1) is 5.92 Å². The van der Waals surface area contributed by atoms with Crippen LogP contribution >= 0.6 is 0 Å². The number of carbonyl (C=O) groups excluding carboxylic acids is 2. The molecule has 0 bridgehead atoms. The predicted octanol–water partition coefficient (Wildman–Crippen LogP) is 7.05. The zero-order chi connectivity index (χ0) is 42.3. The van der Waals surface area contributed by atoms with E-state index in [2.05, 4.69) is 62.0 Å². The number of hydrogen-bond donors (Lipinski definition) is 0. The van der Waals surface area contributed by atoms with E-state index in [1.54, 1.807) is 24.3 Å². The molecule has 316 valence electrons. The van der Waals surface area contributed by atoms with Crippen molar-refractivity contribution in [2.75, 3.05) is 20.3 Å². The molecule has 13 nitrogen and oxygen atoms in total. The molecule has 2 saturated heterocycles. The molecule has 7 rings (SSSR count). The number of esters is 2. The zero-order valence-corrected chi connectivity index (χ0v) is 35.6. The molecule has 4 aromatic rings. The van der Waals surface area contributed by atoms with Crippen molar-refractivity contribution in [3.05, 3.63) is 143 Å². The second-order valence-corrected chi connectivity index (χ2v) is 20.7. The molecule has 0 N–H and O–H groups in total. The molecule has 0 spiro atoms. The summed E-state index contributed by atoms with van der Waals surface area (Å²) in [5.74, 6) is -1.23. The largest absolute Gasteiger partial charge is 0.467 e. The standard InChI is InChI=1S/C46H53N3O10Si/c1-30-26-27-35(55-43(51)31-18-10-6-11-19-31)40(39(30)59-60(46(2,3)4,33-22-14-8-15-23-33)34-24-16-9-17-25-34)58-45-38(48-49-47)42(53-29-37(50)52-5)41-36(56-45)28-54-44(57-41)32-20-12-7-13-21-32/h6-25,30,35-36,38-42,44-45H,26-29H2,1-5H3/t30-,35-,36?,38?,39+,40?,41+,42+,44?,45?/m0/s1. The van der Waals surface area contributed by atoms with Crippen molar-refractivity contribution in [2.24, 2.45) is 11.0 Å². The molecule has 5 unspecified atom stereocenters. The van der Waals surface area contributed by atoms with Gasteiger partial charge < -0.3 is 37.6 Å². The Balaban J connectivity index is 1.30. The van der Waals surface area contributed by atoms with Crippen LogP contribution in [0.2, 0.25) is 5.04 Å². The Bertz CT molecular complexity index is 2030. The molecule has 0 amide bonds. The van der Waals surface area contributed by atoms with Gasteiger partial charge >= 0.3 is 11.9 Å². The van der Waals surface area contributed by atoms with Gasteiger partial charge in [-0.2, -0.15) is 0 Å². The Morgan fingerprint density at radius 3 is 2.00 bits per heavy atom. The molecule has 3 fully saturated rings. The van der Waals surface area contributed by atoms with Crippen LogP contribution < -0.4 is 10.4 Å². The summed E-state index contributed by atoms with van der Waals surface area (Å²) >= 11 is 0. The van der Waals surface area contributed by atoms with Gasteiger partial charge in [0.25, 0.3) is 8.32 Å². The number of ether oxygens (including phenoxy) is 7. The summed E-state index contributed by atoms with van der Waals surface area (Å²) in [5.41, 5.74) is 11.2. The van der Waals surface area contributed by atoms with Crippen LogP contribution in [0.25, 0.3) is 10.4 Å². The van der Waals surface area contributed by atoms with Gasteiger partial charge in [-0.1, -0.05) is 142 Å². The Morgan fingerprint density at radius 2 is 1.42 bits per heavy atom. The minimum atomic E-state index is -3.22. The summed E-state index contributed by atoms with van der Waals surface area (Å²) in [6, 6.07) is 37.6. The maximum Gasteiger partial charge on any atom is 0.338 e. The molecule has 4 aromatic carbocycles. The first-order valence-corrected chi connectivity index (χ1v) is 22.4. The highest BCUT2D eigenvalue weighted by atomic mass is 28.4. The highest BCUT2D eigenvalue weighted by Gasteiger charge is 2.57. The van der Waals surface area contributed by atoms with Crippen molar-refractivity contribution in [1.82, 2.24) is 0 Å². The maximum atomic E-state index is 13.9. The third kappa shape index (κ3) is 9.21. The van der Waals surface area contributed by atoms with Crippen molar-refractivity contribution >= 4 is 30.6 Å². The lowest BCUT2D eigenvalue weighted by Gasteiger charge is -2.52. The van der Waals surface area contributed by atoms with Crippen molar-refractivity contribution in [1.29, 1.82) is 0 Å². The van der Waals surface area contributed by atoms with Crippen LogP contribution in [-0.4, -0.2) is 89.5 Å². The highest BCUT2D eigenvalue weighted by molar-refractivity contribution is 6.99. The number of rotatable bonds is 13. The monoisotopic (exact) mass is 835 g/mol. The number of nitrogens with zero attached hydrogens (tertiary/aromatic N) is 3. The number of azide groups is 1. The SMILES string of the molecule is COC(=O)CO[C@@H]1C(N=[N+]=[N-])C(OC2[C@@H](OC(=O)c3ccccc3)CC[C@H](C)[C@H]2O[Si](c2ccccc2)(c2ccccc2)C(C)(C)C)OC2COC(c3ccccc3)O[C@H]21. The minimum Gasteiger partial charge on any atom is -0.467 e. The molecule has 0 aromatic heterocycles.